The molecule has 0 atom stereocenters. The van der Waals surface area contributed by atoms with Crippen molar-refractivity contribution in [1.29, 1.82) is 0 Å². The molecule has 1 N–H and O–H groups in total. The second kappa shape index (κ2) is 10.1. The second-order valence-electron chi connectivity index (χ2n) is 7.15. The minimum atomic E-state index is -3.89. The molecule has 7 nitrogen and oxygen atoms in total. The van der Waals surface area contributed by atoms with Crippen molar-refractivity contribution in [2.75, 3.05) is 6.54 Å². The third-order valence-electron chi connectivity index (χ3n) is 4.51. The number of hydrogen-bond donors (Lipinski definition) is 1. The lowest BCUT2D eigenvalue weighted by Gasteiger charge is -2.22. The summed E-state index contributed by atoms with van der Waals surface area (Å²) in [5.74, 6) is -0.538. The Morgan fingerprint density at radius 3 is 2.52 bits per heavy atom. The van der Waals surface area contributed by atoms with E-state index in [1.54, 1.807) is 48.8 Å². The minimum Gasteiger partial charge on any atom is -0.272 e. The quantitative estimate of drug-likeness (QED) is 0.434. The lowest BCUT2D eigenvalue weighted by molar-refractivity contribution is -0.121. The van der Waals surface area contributed by atoms with Crippen LogP contribution in [0, 0.1) is 13.8 Å². The summed E-state index contributed by atoms with van der Waals surface area (Å²) in [5.41, 5.74) is 5.86. The molecule has 0 saturated heterocycles. The Balaban J connectivity index is 1.80. The van der Waals surface area contributed by atoms with E-state index in [0.717, 1.165) is 21.0 Å². The molecule has 31 heavy (non-hydrogen) atoms. The summed E-state index contributed by atoms with van der Waals surface area (Å²) in [7, 11) is -3.89. The number of carbonyl (C=O) groups is 1. The first-order chi connectivity index (χ1) is 14.8. The molecule has 3 aromatic rings. The zero-order chi connectivity index (χ0) is 22.3. The second-order valence-corrected chi connectivity index (χ2v) is 9.09. The van der Waals surface area contributed by atoms with Gasteiger partial charge < -0.3 is 0 Å². The average Bonchev–Trinajstić information content (AvgIpc) is 2.74. The number of benzene rings is 2. The van der Waals surface area contributed by atoms with Crippen LogP contribution in [0.5, 0.6) is 0 Å². The number of pyridine rings is 1. The Morgan fingerprint density at radius 2 is 1.84 bits per heavy atom. The Labute approximate surface area is 182 Å². The van der Waals surface area contributed by atoms with E-state index >= 15 is 0 Å². The van der Waals surface area contributed by atoms with Crippen LogP contribution in [0.1, 0.15) is 22.3 Å². The molecule has 0 bridgehead atoms. The maximum absolute atomic E-state index is 13.3. The van der Waals surface area contributed by atoms with Crippen LogP contribution in [0.2, 0.25) is 0 Å². The van der Waals surface area contributed by atoms with Gasteiger partial charge in [-0.05, 0) is 37.6 Å². The SMILES string of the molecule is Cc1ccc(S(=O)(=O)N(CC(=O)N/N=C\c2cccnc2)Cc2cccc(C)c2)cc1. The number of sulfonamides is 1. The molecule has 1 amide bonds. The van der Waals surface area contributed by atoms with E-state index in [0.29, 0.717) is 5.56 Å². The van der Waals surface area contributed by atoms with E-state index in [-0.39, 0.29) is 18.0 Å². The molecule has 0 fully saturated rings. The standard InChI is InChI=1S/C23H24N4O3S/c1-18-8-10-22(11-9-18)31(29,30)27(16-20-6-3-5-19(2)13-20)17-23(28)26-25-15-21-7-4-12-24-14-21/h3-15H,16-17H2,1-2H3,(H,26,28)/b25-15-. The van der Waals surface area contributed by atoms with Gasteiger partial charge in [0.15, 0.2) is 0 Å². The highest BCUT2D eigenvalue weighted by Crippen LogP contribution is 2.19. The Hall–Kier alpha value is -3.36. The van der Waals surface area contributed by atoms with Gasteiger partial charge in [-0.3, -0.25) is 9.78 Å². The van der Waals surface area contributed by atoms with Crippen molar-refractivity contribution in [3.8, 4) is 0 Å². The first kappa shape index (κ1) is 22.3. The minimum absolute atomic E-state index is 0.0671. The van der Waals surface area contributed by atoms with Crippen LogP contribution in [-0.2, 0) is 21.4 Å². The van der Waals surface area contributed by atoms with Crippen LogP contribution >= 0.6 is 0 Å². The van der Waals surface area contributed by atoms with Gasteiger partial charge in [-0.15, -0.1) is 0 Å². The number of rotatable bonds is 8. The molecule has 0 spiro atoms. The summed E-state index contributed by atoms with van der Waals surface area (Å²) in [4.78, 5) is 16.6. The number of aryl methyl sites for hydroxylation is 2. The first-order valence-corrected chi connectivity index (χ1v) is 11.1. The van der Waals surface area contributed by atoms with Crippen molar-refractivity contribution >= 4 is 22.1 Å². The van der Waals surface area contributed by atoms with Crippen LogP contribution in [0.25, 0.3) is 0 Å². The van der Waals surface area contributed by atoms with Gasteiger partial charge in [0, 0.05) is 24.5 Å². The predicted octanol–water partition coefficient (Wildman–Crippen LogP) is 3.04. The van der Waals surface area contributed by atoms with E-state index in [1.807, 2.05) is 38.1 Å². The van der Waals surface area contributed by atoms with Crippen molar-refractivity contribution in [2.24, 2.45) is 5.10 Å². The molecule has 0 aliphatic rings. The molecule has 0 aliphatic carbocycles. The van der Waals surface area contributed by atoms with Crippen molar-refractivity contribution in [3.05, 3.63) is 95.3 Å². The highest BCUT2D eigenvalue weighted by atomic mass is 32.2. The summed E-state index contributed by atoms with van der Waals surface area (Å²) in [6.45, 7) is 3.52. The number of carbonyl (C=O) groups excluding carboxylic acids is 1. The largest absolute Gasteiger partial charge is 0.272 e. The van der Waals surface area contributed by atoms with Crippen molar-refractivity contribution in [2.45, 2.75) is 25.3 Å². The molecule has 3 rings (SSSR count). The molecule has 1 heterocycles. The van der Waals surface area contributed by atoms with Crippen molar-refractivity contribution in [3.63, 3.8) is 0 Å². The Kier molecular flexibility index (Phi) is 7.28. The van der Waals surface area contributed by atoms with E-state index in [9.17, 15) is 13.2 Å². The highest BCUT2D eigenvalue weighted by molar-refractivity contribution is 7.89. The molecule has 2 aromatic carbocycles. The van der Waals surface area contributed by atoms with Crippen molar-refractivity contribution in [1.82, 2.24) is 14.7 Å². The van der Waals surface area contributed by atoms with E-state index < -0.39 is 15.9 Å². The maximum Gasteiger partial charge on any atom is 0.255 e. The van der Waals surface area contributed by atoms with E-state index in [2.05, 4.69) is 15.5 Å². The van der Waals surface area contributed by atoms with Crippen LogP contribution in [0.3, 0.4) is 0 Å². The van der Waals surface area contributed by atoms with Gasteiger partial charge in [-0.1, -0.05) is 53.6 Å². The molecule has 0 saturated carbocycles. The summed E-state index contributed by atoms with van der Waals surface area (Å²) in [6.07, 6.45) is 4.68. The summed E-state index contributed by atoms with van der Waals surface area (Å²) in [5, 5.41) is 3.90. The normalized spacial score (nSPS) is 11.7. The molecular weight excluding hydrogens is 412 g/mol. The van der Waals surface area contributed by atoms with Gasteiger partial charge in [0.05, 0.1) is 17.7 Å². The maximum atomic E-state index is 13.3. The zero-order valence-electron chi connectivity index (χ0n) is 17.4. The van der Waals surface area contributed by atoms with Gasteiger partial charge in [-0.25, -0.2) is 13.8 Å². The van der Waals surface area contributed by atoms with E-state index in [1.165, 1.54) is 6.21 Å². The molecule has 1 aromatic heterocycles. The van der Waals surface area contributed by atoms with Crippen molar-refractivity contribution < 1.29 is 13.2 Å². The third-order valence-corrected chi connectivity index (χ3v) is 6.31. The lowest BCUT2D eigenvalue weighted by Crippen LogP contribution is -2.39. The first-order valence-electron chi connectivity index (χ1n) is 9.69. The Bertz CT molecular complexity index is 1160. The average molecular weight is 437 g/mol. The molecule has 160 valence electrons. The number of hydrogen-bond acceptors (Lipinski definition) is 5. The lowest BCUT2D eigenvalue weighted by atomic mass is 10.1. The third kappa shape index (κ3) is 6.31. The number of aromatic nitrogens is 1. The monoisotopic (exact) mass is 436 g/mol. The van der Waals surface area contributed by atoms with Gasteiger partial charge in [0.2, 0.25) is 10.0 Å². The fourth-order valence-electron chi connectivity index (χ4n) is 2.93. The van der Waals surface area contributed by atoms with E-state index in [4.69, 9.17) is 0 Å². The van der Waals surface area contributed by atoms with Crippen LogP contribution in [-0.4, -0.2) is 36.4 Å². The molecule has 0 radical (unpaired) electrons. The topological polar surface area (TPSA) is 91.7 Å². The fourth-order valence-corrected chi connectivity index (χ4v) is 4.31. The number of hydrazone groups is 1. The number of nitrogens with one attached hydrogen (secondary N) is 1. The Morgan fingerprint density at radius 1 is 1.06 bits per heavy atom. The summed E-state index contributed by atoms with van der Waals surface area (Å²) in [6, 6.07) is 17.6. The van der Waals surface area contributed by atoms with Crippen LogP contribution in [0.15, 0.2) is 83.1 Å². The predicted molar refractivity (Wildman–Crippen MR) is 120 cm³/mol. The van der Waals surface area contributed by atoms with Crippen LogP contribution < -0.4 is 5.43 Å². The smallest absolute Gasteiger partial charge is 0.255 e. The zero-order valence-corrected chi connectivity index (χ0v) is 18.2. The molecule has 8 heteroatoms. The fraction of sp³-hybridized carbons (Fsp3) is 0.174. The summed E-state index contributed by atoms with van der Waals surface area (Å²) >= 11 is 0. The molecule has 0 unspecified atom stereocenters. The van der Waals surface area contributed by atoms with Gasteiger partial charge in [0.1, 0.15) is 0 Å². The molecule has 0 aliphatic heterocycles. The van der Waals surface area contributed by atoms with Crippen LogP contribution in [0.4, 0.5) is 0 Å². The number of amides is 1. The molecular formula is C23H24N4O3S. The summed E-state index contributed by atoms with van der Waals surface area (Å²) < 4.78 is 27.7. The highest BCUT2D eigenvalue weighted by Gasteiger charge is 2.27. The number of nitrogens with zero attached hydrogens (tertiary/aromatic N) is 3. The van der Waals surface area contributed by atoms with Gasteiger partial charge in [0.25, 0.3) is 5.91 Å². The van der Waals surface area contributed by atoms with Gasteiger partial charge in [-0.2, -0.15) is 9.41 Å². The van der Waals surface area contributed by atoms with Gasteiger partial charge >= 0.3 is 0 Å².